The van der Waals surface area contributed by atoms with Crippen molar-refractivity contribution in [3.63, 3.8) is 0 Å². The third-order valence-corrected chi connectivity index (χ3v) is 4.69. The number of phenolic OH excluding ortho intramolecular Hbond substituents is 2. The van der Waals surface area contributed by atoms with Gasteiger partial charge in [-0.1, -0.05) is 25.8 Å². The van der Waals surface area contributed by atoms with Crippen LogP contribution in [-0.2, 0) is 0 Å². The van der Waals surface area contributed by atoms with Gasteiger partial charge < -0.3 is 15.5 Å². The van der Waals surface area contributed by atoms with Crippen LogP contribution in [0.5, 0.6) is 11.5 Å². The minimum absolute atomic E-state index is 0.0368. The lowest BCUT2D eigenvalue weighted by atomic mass is 9.83. The number of rotatable bonds is 5. The Hall–Kier alpha value is -1.22. The monoisotopic (exact) mass is 263 g/mol. The summed E-state index contributed by atoms with van der Waals surface area (Å²) in [5.74, 6) is 0.328. The lowest BCUT2D eigenvalue weighted by Gasteiger charge is -2.30. The van der Waals surface area contributed by atoms with E-state index in [1.54, 1.807) is 18.2 Å². The van der Waals surface area contributed by atoms with Crippen LogP contribution >= 0.6 is 0 Å². The Morgan fingerprint density at radius 1 is 1.21 bits per heavy atom. The molecule has 0 bridgehead atoms. The van der Waals surface area contributed by atoms with Gasteiger partial charge in [-0.25, -0.2) is 0 Å². The highest BCUT2D eigenvalue weighted by molar-refractivity contribution is 5.44. The summed E-state index contributed by atoms with van der Waals surface area (Å²) >= 11 is 0. The summed E-state index contributed by atoms with van der Waals surface area (Å²) < 4.78 is 0. The first-order chi connectivity index (χ1) is 9.08. The van der Waals surface area contributed by atoms with Gasteiger partial charge in [0.15, 0.2) is 0 Å². The molecule has 0 radical (unpaired) electrons. The van der Waals surface area contributed by atoms with Crippen LogP contribution in [0.15, 0.2) is 18.2 Å². The van der Waals surface area contributed by atoms with Crippen molar-refractivity contribution in [2.75, 3.05) is 6.54 Å². The van der Waals surface area contributed by atoms with E-state index >= 15 is 0 Å². The van der Waals surface area contributed by atoms with E-state index < -0.39 is 0 Å². The van der Waals surface area contributed by atoms with Crippen molar-refractivity contribution < 1.29 is 10.2 Å². The molecule has 1 aliphatic rings. The largest absolute Gasteiger partial charge is 0.507 e. The minimum Gasteiger partial charge on any atom is -0.507 e. The van der Waals surface area contributed by atoms with E-state index in [2.05, 4.69) is 12.2 Å². The second-order valence-electron chi connectivity index (χ2n) is 5.87. The molecule has 0 amide bonds. The van der Waals surface area contributed by atoms with Crippen LogP contribution < -0.4 is 5.32 Å². The SMILES string of the molecule is CCC1(CNC(C)c2c(O)cccc2O)CCCC1. The normalized spacial score (nSPS) is 19.5. The van der Waals surface area contributed by atoms with Crippen molar-refractivity contribution >= 4 is 0 Å². The summed E-state index contributed by atoms with van der Waals surface area (Å²) in [6, 6.07) is 4.87. The molecule has 19 heavy (non-hydrogen) atoms. The van der Waals surface area contributed by atoms with Crippen LogP contribution in [0, 0.1) is 5.41 Å². The van der Waals surface area contributed by atoms with E-state index in [0.29, 0.717) is 11.0 Å². The van der Waals surface area contributed by atoms with Gasteiger partial charge in [-0.15, -0.1) is 0 Å². The molecule has 0 heterocycles. The fourth-order valence-electron chi connectivity index (χ4n) is 3.24. The molecule has 1 aromatic carbocycles. The van der Waals surface area contributed by atoms with E-state index in [0.717, 1.165) is 6.54 Å². The number of nitrogens with one attached hydrogen (secondary N) is 1. The predicted octanol–water partition coefficient (Wildman–Crippen LogP) is 3.72. The predicted molar refractivity (Wildman–Crippen MR) is 77.4 cm³/mol. The topological polar surface area (TPSA) is 52.5 Å². The van der Waals surface area contributed by atoms with Crippen molar-refractivity contribution in [1.29, 1.82) is 0 Å². The molecule has 0 aliphatic heterocycles. The molecule has 1 unspecified atom stereocenters. The molecule has 0 aromatic heterocycles. The fourth-order valence-corrected chi connectivity index (χ4v) is 3.24. The molecule has 1 atom stereocenters. The summed E-state index contributed by atoms with van der Waals surface area (Å²) in [6.45, 7) is 5.21. The minimum atomic E-state index is -0.0368. The first kappa shape index (κ1) is 14.2. The molecule has 3 N–H and O–H groups in total. The Kier molecular flexibility index (Phi) is 4.35. The molecule has 1 aliphatic carbocycles. The fraction of sp³-hybridized carbons (Fsp3) is 0.625. The van der Waals surface area contributed by atoms with Crippen LogP contribution in [0.4, 0.5) is 0 Å². The Labute approximate surface area is 115 Å². The maximum atomic E-state index is 9.88. The quantitative estimate of drug-likeness (QED) is 0.759. The van der Waals surface area contributed by atoms with Crippen molar-refractivity contribution in [2.45, 2.75) is 52.0 Å². The number of aromatic hydroxyl groups is 2. The van der Waals surface area contributed by atoms with Gasteiger partial charge in [0.1, 0.15) is 11.5 Å². The molecule has 1 aromatic rings. The van der Waals surface area contributed by atoms with E-state index in [4.69, 9.17) is 0 Å². The lowest BCUT2D eigenvalue weighted by molar-refractivity contribution is 0.256. The second-order valence-corrected chi connectivity index (χ2v) is 5.87. The molecular formula is C16H25NO2. The summed E-state index contributed by atoms with van der Waals surface area (Å²) in [5, 5.41) is 23.2. The summed E-state index contributed by atoms with van der Waals surface area (Å²) in [5.41, 5.74) is 1.01. The van der Waals surface area contributed by atoms with Gasteiger partial charge in [-0.2, -0.15) is 0 Å². The van der Waals surface area contributed by atoms with Crippen LogP contribution in [0.1, 0.15) is 57.6 Å². The molecule has 3 nitrogen and oxygen atoms in total. The smallest absolute Gasteiger partial charge is 0.124 e. The van der Waals surface area contributed by atoms with Gasteiger partial charge in [-0.3, -0.25) is 0 Å². The van der Waals surface area contributed by atoms with Crippen LogP contribution in [0.3, 0.4) is 0 Å². The Morgan fingerprint density at radius 2 is 1.79 bits per heavy atom. The highest BCUT2D eigenvalue weighted by Gasteiger charge is 2.32. The molecule has 2 rings (SSSR count). The summed E-state index contributed by atoms with van der Waals surface area (Å²) in [7, 11) is 0. The zero-order chi connectivity index (χ0) is 13.9. The number of phenols is 2. The zero-order valence-corrected chi connectivity index (χ0v) is 11.9. The van der Waals surface area contributed by atoms with Crippen LogP contribution in [0.25, 0.3) is 0 Å². The number of hydrogen-bond donors (Lipinski definition) is 3. The van der Waals surface area contributed by atoms with Gasteiger partial charge in [-0.05, 0) is 43.7 Å². The standard InChI is InChI=1S/C16H25NO2/c1-3-16(9-4-5-10-16)11-17-12(2)15-13(18)7-6-8-14(15)19/h6-8,12,17-19H,3-5,9-11H2,1-2H3. The first-order valence-electron chi connectivity index (χ1n) is 7.32. The number of hydrogen-bond acceptors (Lipinski definition) is 3. The molecule has 3 heteroatoms. The third kappa shape index (κ3) is 3.03. The van der Waals surface area contributed by atoms with Crippen molar-refractivity contribution in [1.82, 2.24) is 5.32 Å². The number of benzene rings is 1. The Bertz CT molecular complexity index is 405. The third-order valence-electron chi connectivity index (χ3n) is 4.69. The average molecular weight is 263 g/mol. The van der Waals surface area contributed by atoms with Crippen LogP contribution in [-0.4, -0.2) is 16.8 Å². The van der Waals surface area contributed by atoms with Gasteiger partial charge >= 0.3 is 0 Å². The summed E-state index contributed by atoms with van der Waals surface area (Å²) in [4.78, 5) is 0. The van der Waals surface area contributed by atoms with Gasteiger partial charge in [0.2, 0.25) is 0 Å². The van der Waals surface area contributed by atoms with Gasteiger partial charge in [0.05, 0.1) is 5.56 Å². The average Bonchev–Trinajstić information content (AvgIpc) is 2.86. The van der Waals surface area contributed by atoms with Gasteiger partial charge in [0, 0.05) is 12.6 Å². The molecule has 0 spiro atoms. The Balaban J connectivity index is 2.03. The lowest BCUT2D eigenvalue weighted by Crippen LogP contribution is -2.33. The molecule has 106 valence electrons. The summed E-state index contributed by atoms with van der Waals surface area (Å²) in [6.07, 6.45) is 6.42. The maximum Gasteiger partial charge on any atom is 0.124 e. The van der Waals surface area contributed by atoms with Crippen LogP contribution in [0.2, 0.25) is 0 Å². The van der Waals surface area contributed by atoms with E-state index in [1.807, 2.05) is 6.92 Å². The Morgan fingerprint density at radius 3 is 2.32 bits per heavy atom. The van der Waals surface area contributed by atoms with Crippen molar-refractivity contribution in [3.8, 4) is 11.5 Å². The highest BCUT2D eigenvalue weighted by Crippen LogP contribution is 2.41. The van der Waals surface area contributed by atoms with Gasteiger partial charge in [0.25, 0.3) is 0 Å². The maximum absolute atomic E-state index is 9.88. The highest BCUT2D eigenvalue weighted by atomic mass is 16.3. The zero-order valence-electron chi connectivity index (χ0n) is 11.9. The van der Waals surface area contributed by atoms with Crippen molar-refractivity contribution in [2.24, 2.45) is 5.41 Å². The molecular weight excluding hydrogens is 238 g/mol. The van der Waals surface area contributed by atoms with Crippen molar-refractivity contribution in [3.05, 3.63) is 23.8 Å². The molecule has 0 saturated heterocycles. The van der Waals surface area contributed by atoms with E-state index in [-0.39, 0.29) is 17.5 Å². The molecule has 1 saturated carbocycles. The first-order valence-corrected chi connectivity index (χ1v) is 7.32. The van der Waals surface area contributed by atoms with E-state index in [1.165, 1.54) is 32.1 Å². The second kappa shape index (κ2) is 5.83. The molecule has 1 fully saturated rings. The van der Waals surface area contributed by atoms with E-state index in [9.17, 15) is 10.2 Å².